The van der Waals surface area contributed by atoms with Crippen LogP contribution in [0.1, 0.15) is 24.5 Å². The van der Waals surface area contributed by atoms with Crippen LogP contribution in [-0.2, 0) is 9.84 Å². The van der Waals surface area contributed by atoms with Crippen LogP contribution >= 0.6 is 11.6 Å². The minimum absolute atomic E-state index is 0.106. The van der Waals surface area contributed by atoms with Gasteiger partial charge in [0.15, 0.2) is 15.0 Å². The Bertz CT molecular complexity index is 503. The van der Waals surface area contributed by atoms with Gasteiger partial charge in [0.1, 0.15) is 0 Å². The molecular weight excluding hydrogens is 250 g/mol. The molecule has 1 saturated heterocycles. The number of halogens is 1. The zero-order valence-corrected chi connectivity index (χ0v) is 10.1. The maximum absolute atomic E-state index is 11.5. The van der Waals surface area contributed by atoms with Crippen molar-refractivity contribution >= 4 is 27.1 Å². The summed E-state index contributed by atoms with van der Waals surface area (Å²) in [6, 6.07) is 1.61. The molecule has 1 aliphatic rings. The highest BCUT2D eigenvalue weighted by Crippen LogP contribution is 2.28. The summed E-state index contributed by atoms with van der Waals surface area (Å²) in [5.41, 5.74) is 6.57. The summed E-state index contributed by atoms with van der Waals surface area (Å²) < 4.78 is 23.0. The number of nitrogens with zero attached hydrogens (tertiary/aromatic N) is 2. The van der Waals surface area contributed by atoms with E-state index in [-0.39, 0.29) is 22.6 Å². The molecule has 7 heteroatoms. The van der Waals surface area contributed by atoms with Crippen molar-refractivity contribution in [2.75, 3.05) is 17.2 Å². The van der Waals surface area contributed by atoms with E-state index in [1.807, 2.05) is 0 Å². The quantitative estimate of drug-likeness (QED) is 0.815. The number of hydrogen-bond donors (Lipinski definition) is 1. The van der Waals surface area contributed by atoms with Gasteiger partial charge in [-0.15, -0.1) is 5.10 Å². The summed E-state index contributed by atoms with van der Waals surface area (Å²) in [6.45, 7) is 0. The van der Waals surface area contributed by atoms with Gasteiger partial charge in [-0.1, -0.05) is 11.6 Å². The Balaban J connectivity index is 2.27. The van der Waals surface area contributed by atoms with Gasteiger partial charge >= 0.3 is 0 Å². The summed E-state index contributed by atoms with van der Waals surface area (Å²) in [5, 5.41) is 7.75. The SMILES string of the molecule is Nc1cc(C2CCCS(=O)(=O)C2)nnc1Cl. The summed E-state index contributed by atoms with van der Waals surface area (Å²) in [5.74, 6) is 0.286. The van der Waals surface area contributed by atoms with E-state index in [0.29, 0.717) is 17.8 Å². The molecule has 1 aliphatic heterocycles. The molecule has 1 aromatic rings. The molecule has 1 unspecified atom stereocenters. The fraction of sp³-hybridized carbons (Fsp3) is 0.556. The highest BCUT2D eigenvalue weighted by atomic mass is 35.5. The van der Waals surface area contributed by atoms with Crippen LogP contribution in [0.25, 0.3) is 0 Å². The monoisotopic (exact) mass is 261 g/mol. The molecule has 2 heterocycles. The maximum Gasteiger partial charge on any atom is 0.174 e. The topological polar surface area (TPSA) is 85.9 Å². The first-order valence-corrected chi connectivity index (χ1v) is 7.17. The average Bonchev–Trinajstić information content (AvgIpc) is 2.20. The Kier molecular flexibility index (Phi) is 3.03. The van der Waals surface area contributed by atoms with E-state index < -0.39 is 9.84 Å². The second-order valence-electron chi connectivity index (χ2n) is 3.97. The second kappa shape index (κ2) is 4.18. The zero-order chi connectivity index (χ0) is 11.8. The van der Waals surface area contributed by atoms with E-state index in [1.54, 1.807) is 6.07 Å². The van der Waals surface area contributed by atoms with Crippen molar-refractivity contribution < 1.29 is 8.42 Å². The summed E-state index contributed by atoms with van der Waals surface area (Å²) in [7, 11) is -2.94. The first-order valence-electron chi connectivity index (χ1n) is 4.97. The van der Waals surface area contributed by atoms with E-state index in [4.69, 9.17) is 17.3 Å². The maximum atomic E-state index is 11.5. The van der Waals surface area contributed by atoms with Crippen molar-refractivity contribution in [1.29, 1.82) is 0 Å². The largest absolute Gasteiger partial charge is 0.396 e. The predicted molar refractivity (Wildman–Crippen MR) is 62.1 cm³/mol. The smallest absolute Gasteiger partial charge is 0.174 e. The van der Waals surface area contributed by atoms with Gasteiger partial charge in [0.05, 0.1) is 22.9 Å². The normalized spacial score (nSPS) is 24.2. The van der Waals surface area contributed by atoms with Gasteiger partial charge in [-0.2, -0.15) is 5.10 Å². The second-order valence-corrected chi connectivity index (χ2v) is 6.56. The molecule has 88 valence electrons. The Morgan fingerprint density at radius 2 is 2.19 bits per heavy atom. The molecule has 0 aromatic carbocycles. The van der Waals surface area contributed by atoms with Crippen molar-refractivity contribution in [3.05, 3.63) is 16.9 Å². The van der Waals surface area contributed by atoms with Gasteiger partial charge in [0.2, 0.25) is 0 Å². The minimum Gasteiger partial charge on any atom is -0.396 e. The average molecular weight is 262 g/mol. The van der Waals surface area contributed by atoms with E-state index in [0.717, 1.165) is 6.42 Å². The van der Waals surface area contributed by atoms with Crippen molar-refractivity contribution in [3.8, 4) is 0 Å². The fourth-order valence-corrected chi connectivity index (χ4v) is 3.68. The Labute approximate surface area is 98.9 Å². The Hall–Kier alpha value is -0.880. The molecule has 2 N–H and O–H groups in total. The number of anilines is 1. The van der Waals surface area contributed by atoms with Gasteiger partial charge in [0.25, 0.3) is 0 Å². The standard InChI is InChI=1S/C9H12ClN3O2S/c10-9-7(11)4-8(12-13-9)6-2-1-3-16(14,15)5-6/h4,6H,1-3,5H2,(H2,11,12). The fourth-order valence-electron chi connectivity index (χ4n) is 1.86. The number of hydrogen-bond acceptors (Lipinski definition) is 5. The number of nitrogens with two attached hydrogens (primary N) is 1. The molecule has 5 nitrogen and oxygen atoms in total. The third kappa shape index (κ3) is 2.44. The van der Waals surface area contributed by atoms with Crippen LogP contribution in [0.15, 0.2) is 6.07 Å². The molecule has 1 aromatic heterocycles. The lowest BCUT2D eigenvalue weighted by atomic mass is 10.0. The predicted octanol–water partition coefficient (Wildman–Crippen LogP) is 1.00. The van der Waals surface area contributed by atoms with Crippen LogP contribution in [0.3, 0.4) is 0 Å². The van der Waals surface area contributed by atoms with Crippen molar-refractivity contribution in [2.45, 2.75) is 18.8 Å². The van der Waals surface area contributed by atoms with Crippen LogP contribution < -0.4 is 5.73 Å². The van der Waals surface area contributed by atoms with Gasteiger partial charge in [-0.25, -0.2) is 8.42 Å². The van der Waals surface area contributed by atoms with E-state index in [2.05, 4.69) is 10.2 Å². The van der Waals surface area contributed by atoms with E-state index in [9.17, 15) is 8.42 Å². The molecule has 1 atom stereocenters. The molecule has 2 rings (SSSR count). The molecule has 0 saturated carbocycles. The highest BCUT2D eigenvalue weighted by Gasteiger charge is 2.27. The van der Waals surface area contributed by atoms with Crippen molar-refractivity contribution in [2.24, 2.45) is 0 Å². The molecule has 0 bridgehead atoms. The van der Waals surface area contributed by atoms with Gasteiger partial charge in [0, 0.05) is 5.92 Å². The van der Waals surface area contributed by atoms with Crippen LogP contribution in [0.4, 0.5) is 5.69 Å². The van der Waals surface area contributed by atoms with Crippen LogP contribution in [0.2, 0.25) is 5.15 Å². The molecular formula is C9H12ClN3O2S. The first-order chi connectivity index (χ1) is 7.48. The summed E-state index contributed by atoms with van der Waals surface area (Å²) in [4.78, 5) is 0. The Morgan fingerprint density at radius 3 is 2.81 bits per heavy atom. The van der Waals surface area contributed by atoms with Gasteiger partial charge in [-0.05, 0) is 18.9 Å². The molecule has 0 aliphatic carbocycles. The van der Waals surface area contributed by atoms with Crippen LogP contribution in [0.5, 0.6) is 0 Å². The highest BCUT2D eigenvalue weighted by molar-refractivity contribution is 7.91. The number of sulfone groups is 1. The van der Waals surface area contributed by atoms with Gasteiger partial charge in [-0.3, -0.25) is 0 Å². The molecule has 1 fully saturated rings. The molecule has 0 amide bonds. The molecule has 16 heavy (non-hydrogen) atoms. The van der Waals surface area contributed by atoms with E-state index >= 15 is 0 Å². The van der Waals surface area contributed by atoms with Crippen molar-refractivity contribution in [1.82, 2.24) is 10.2 Å². The zero-order valence-electron chi connectivity index (χ0n) is 8.56. The number of aromatic nitrogens is 2. The lowest BCUT2D eigenvalue weighted by molar-refractivity contribution is 0.547. The summed E-state index contributed by atoms with van der Waals surface area (Å²) in [6.07, 6.45) is 1.46. The first kappa shape index (κ1) is 11.6. The lowest BCUT2D eigenvalue weighted by Gasteiger charge is -2.21. The number of rotatable bonds is 1. The molecule has 0 spiro atoms. The van der Waals surface area contributed by atoms with Crippen molar-refractivity contribution in [3.63, 3.8) is 0 Å². The number of nitrogen functional groups attached to an aromatic ring is 1. The Morgan fingerprint density at radius 1 is 1.44 bits per heavy atom. The van der Waals surface area contributed by atoms with Gasteiger partial charge < -0.3 is 5.73 Å². The minimum atomic E-state index is -2.94. The van der Waals surface area contributed by atoms with E-state index in [1.165, 1.54) is 0 Å². The summed E-state index contributed by atoms with van der Waals surface area (Å²) >= 11 is 5.66. The third-order valence-electron chi connectivity index (χ3n) is 2.68. The third-order valence-corrected chi connectivity index (χ3v) is 4.79. The molecule has 0 radical (unpaired) electrons. The lowest BCUT2D eigenvalue weighted by Crippen LogP contribution is -2.24. The van der Waals surface area contributed by atoms with Crippen LogP contribution in [0, 0.1) is 0 Å². The van der Waals surface area contributed by atoms with Crippen LogP contribution in [-0.4, -0.2) is 30.1 Å².